The Kier molecular flexibility index (Phi) is 22.4. The average Bonchev–Trinajstić information content (AvgIpc) is 4.22. The van der Waals surface area contributed by atoms with Gasteiger partial charge in [-0.15, -0.1) is 0 Å². The number of hydrogen-bond donors (Lipinski definition) is 3. The van der Waals surface area contributed by atoms with Crippen molar-refractivity contribution in [2.24, 2.45) is 68.0 Å². The van der Waals surface area contributed by atoms with Gasteiger partial charge < -0.3 is 29.7 Å². The van der Waals surface area contributed by atoms with E-state index in [0.29, 0.717) is 53.7 Å². The predicted octanol–water partition coefficient (Wildman–Crippen LogP) is 14.0. The van der Waals surface area contributed by atoms with Crippen LogP contribution in [0.25, 0.3) is 0 Å². The molecule has 3 aliphatic heterocycles. The van der Waals surface area contributed by atoms with E-state index in [1.807, 2.05) is 51.3 Å². The number of likely N-dealkylation sites (tertiary alicyclic amines) is 2. The van der Waals surface area contributed by atoms with Crippen molar-refractivity contribution in [2.75, 3.05) is 55.0 Å². The number of thioether (sulfide) groups is 2. The number of Topliss-reactive ketones (excluding diaryl/α,β-unsaturated/α-hetero) is 2. The first kappa shape index (κ1) is 70.1. The Bertz CT molecular complexity index is 2530. The molecular formula is C66H111N3O10S4. The van der Waals surface area contributed by atoms with Crippen LogP contribution in [-0.4, -0.2) is 138 Å². The van der Waals surface area contributed by atoms with Crippen LogP contribution in [0.1, 0.15) is 194 Å². The van der Waals surface area contributed by atoms with Crippen molar-refractivity contribution in [3.8, 4) is 0 Å². The summed E-state index contributed by atoms with van der Waals surface area (Å²) in [6, 6.07) is 7.10. The van der Waals surface area contributed by atoms with E-state index >= 15 is 0 Å². The molecule has 83 heavy (non-hydrogen) atoms. The van der Waals surface area contributed by atoms with Gasteiger partial charge in [0.2, 0.25) is 0 Å². The third-order valence-corrected chi connectivity index (χ3v) is 26.5. The number of nitrogens with zero attached hydrogens (tertiary/aromatic N) is 2. The van der Waals surface area contributed by atoms with E-state index in [2.05, 4.69) is 85.1 Å². The zero-order valence-electron chi connectivity index (χ0n) is 53.1. The quantitative estimate of drug-likeness (QED) is 0.126. The van der Waals surface area contributed by atoms with Crippen molar-refractivity contribution < 1.29 is 46.4 Å². The minimum Gasteiger partial charge on any atom is -0.444 e. The maximum atomic E-state index is 12.7. The smallest absolute Gasteiger partial charge is 0.410 e. The summed E-state index contributed by atoms with van der Waals surface area (Å²) < 4.78 is 40.9. The fourth-order valence-electron chi connectivity index (χ4n) is 16.2. The van der Waals surface area contributed by atoms with Crippen molar-refractivity contribution in [1.29, 1.82) is 0 Å². The summed E-state index contributed by atoms with van der Waals surface area (Å²) in [5.41, 5.74) is 0.601. The van der Waals surface area contributed by atoms with Crippen molar-refractivity contribution in [3.63, 3.8) is 0 Å². The second kappa shape index (κ2) is 26.6. The zero-order valence-corrected chi connectivity index (χ0v) is 56.5. The Morgan fingerprint density at radius 3 is 1.60 bits per heavy atom. The van der Waals surface area contributed by atoms with Crippen LogP contribution in [0.2, 0.25) is 0 Å². The number of benzene rings is 1. The van der Waals surface area contributed by atoms with E-state index in [1.54, 1.807) is 37.8 Å². The van der Waals surface area contributed by atoms with Crippen LogP contribution in [-0.2, 0) is 33.4 Å². The molecule has 9 aliphatic rings. The Balaban J connectivity index is 0.000000182. The summed E-state index contributed by atoms with van der Waals surface area (Å²) in [5.74, 6) is 9.46. The average molecular weight is 1230 g/mol. The lowest BCUT2D eigenvalue weighted by atomic mass is 9.70. The van der Waals surface area contributed by atoms with E-state index in [0.717, 1.165) is 85.5 Å². The van der Waals surface area contributed by atoms with E-state index in [9.17, 15) is 32.7 Å². The van der Waals surface area contributed by atoms with Crippen LogP contribution in [0.3, 0.4) is 0 Å². The highest BCUT2D eigenvalue weighted by Crippen LogP contribution is 2.67. The minimum atomic E-state index is -3.85. The standard InChI is InChI=1S/C21H35NO3S.C18H27NO5S.C16H29NOS.C10H16OS.CH4/c1-14-9-16(22(11-14)18(24)25-19(2,3)4)12-26-13-21-8-7-15(10-17(21)23)20(21,5)6;1-13-6-8-16(9-7-13)25(21,22)23-12-15-10-14(2)11-19(15)17(20)24-18(3,4)5;1-11-6-13(17-8-11)9-19-10-16-5-4-12(7-14(16)18)15(16,2)3;1-9(2)7-3-4-10(9,6-12)8(11)5-7;/h14-16H,7-13H2,1-6H3;6-9,14-15H,10-12H2,1-5H3;11-14,17-18H,4-10H2,1-3H3;7,12H,3-6H2,1-2H3;1H4/t14-,15?,16+,21-;14-,15+;11-,12?,13+,14?,16-;;/m111../s1. The van der Waals surface area contributed by atoms with E-state index < -0.39 is 27.4 Å². The number of rotatable bonds is 13. The summed E-state index contributed by atoms with van der Waals surface area (Å²) in [6.45, 7) is 35.9. The molecule has 2 N–H and O–H groups in total. The first-order valence-corrected chi connectivity index (χ1v) is 35.5. The molecule has 13 nitrogen and oxygen atoms in total. The highest BCUT2D eigenvalue weighted by Gasteiger charge is 2.65. The Morgan fingerprint density at radius 1 is 0.687 bits per heavy atom. The van der Waals surface area contributed by atoms with Gasteiger partial charge in [0.15, 0.2) is 0 Å². The summed E-state index contributed by atoms with van der Waals surface area (Å²) in [4.78, 5) is 52.9. The number of thiol groups is 1. The Hall–Kier alpha value is -2.02. The van der Waals surface area contributed by atoms with Gasteiger partial charge in [-0.2, -0.15) is 44.6 Å². The van der Waals surface area contributed by atoms with Crippen molar-refractivity contribution in [2.45, 2.75) is 236 Å². The highest BCUT2D eigenvalue weighted by atomic mass is 32.2. The summed E-state index contributed by atoms with van der Waals surface area (Å²) >= 11 is 8.32. The van der Waals surface area contributed by atoms with Gasteiger partial charge in [-0.05, 0) is 183 Å². The van der Waals surface area contributed by atoms with Gasteiger partial charge in [0.1, 0.15) is 22.8 Å². The van der Waals surface area contributed by atoms with E-state index in [1.165, 1.54) is 56.5 Å². The SMILES string of the molecule is C.CC1(C)C2CCC1(CS)C(=O)C2.C[C@@H]1C[C@@H](CSC[C@]23CCC(CC2=O)C3(C)C)N(C(=O)OC(C)(C)C)C1.C[C@H]1CN[C@H](CSC[C@]23CCC(CC2O)C3(C)C)C1.Cc1ccc(S(=O)(=O)OC[C@@H]2C[C@@H](C)CN2C(=O)OC(C)(C)C)cc1. The predicted molar refractivity (Wildman–Crippen MR) is 343 cm³/mol. The molecule has 2 amide bonds. The molecule has 6 aliphatic carbocycles. The number of carbonyl (C=O) groups is 4. The number of nitrogens with one attached hydrogen (secondary N) is 1. The number of amides is 2. The van der Waals surface area contributed by atoms with Gasteiger partial charge in [0.25, 0.3) is 10.1 Å². The number of fused-ring (bicyclic) bond motifs is 6. The Morgan fingerprint density at radius 2 is 1.18 bits per heavy atom. The number of ether oxygens (including phenoxy) is 2. The molecule has 0 radical (unpaired) electrons. The summed E-state index contributed by atoms with van der Waals surface area (Å²) in [7, 11) is -3.85. The van der Waals surface area contributed by atoms with Crippen molar-refractivity contribution in [1.82, 2.24) is 15.1 Å². The largest absolute Gasteiger partial charge is 0.444 e. The minimum absolute atomic E-state index is 0. The van der Waals surface area contributed by atoms with Gasteiger partial charge in [-0.3, -0.25) is 13.8 Å². The van der Waals surface area contributed by atoms with Crippen molar-refractivity contribution in [3.05, 3.63) is 29.8 Å². The van der Waals surface area contributed by atoms with Crippen molar-refractivity contribution >= 4 is 70.0 Å². The van der Waals surface area contributed by atoms with E-state index in [-0.39, 0.29) is 76.2 Å². The molecular weight excluding hydrogens is 1120 g/mol. The maximum Gasteiger partial charge on any atom is 0.410 e. The number of aliphatic hydroxyl groups is 1. The maximum absolute atomic E-state index is 12.7. The lowest BCUT2D eigenvalue weighted by Gasteiger charge is -2.40. The molecule has 6 bridgehead atoms. The molecule has 0 aromatic heterocycles. The number of ketones is 2. The van der Waals surface area contributed by atoms with E-state index in [4.69, 9.17) is 13.7 Å². The first-order valence-electron chi connectivity index (χ1n) is 31.1. The van der Waals surface area contributed by atoms with Gasteiger partial charge in [0.05, 0.1) is 23.6 Å². The molecule has 3 heterocycles. The normalized spacial score (nSPS) is 35.1. The summed E-state index contributed by atoms with van der Waals surface area (Å²) in [5, 5.41) is 14.1. The molecule has 13 atom stereocenters. The molecule has 1 aromatic carbocycles. The van der Waals surface area contributed by atoms with Crippen LogP contribution >= 0.6 is 36.2 Å². The number of carbonyl (C=O) groups excluding carboxylic acids is 4. The third kappa shape index (κ3) is 14.8. The van der Waals surface area contributed by atoms with Crippen LogP contribution in [0, 0.1) is 74.9 Å². The molecule has 6 saturated carbocycles. The fourth-order valence-corrected chi connectivity index (χ4v) is 21.3. The molecule has 5 unspecified atom stereocenters. The fraction of sp³-hybridized carbons (Fsp3) is 0.848. The Labute approximate surface area is 516 Å². The number of aryl methyl sites for hydroxylation is 1. The second-order valence-corrected chi connectivity index (χ2v) is 34.6. The van der Waals surface area contributed by atoms with Crippen LogP contribution < -0.4 is 5.32 Å². The molecule has 0 spiro atoms. The second-order valence-electron chi connectivity index (χ2n) is 30.6. The van der Waals surface area contributed by atoms with Crippen LogP contribution in [0.15, 0.2) is 29.2 Å². The highest BCUT2D eigenvalue weighted by molar-refractivity contribution is 7.99. The first-order chi connectivity index (χ1) is 37.9. The van der Waals surface area contributed by atoms with Gasteiger partial charge >= 0.3 is 12.2 Å². The number of hydrogen-bond acceptors (Lipinski definition) is 14. The molecule has 1 aromatic rings. The third-order valence-electron chi connectivity index (χ3n) is 21.9. The molecule has 17 heteroatoms. The zero-order chi connectivity index (χ0) is 60.8. The van der Waals surface area contributed by atoms with Gasteiger partial charge in [-0.25, -0.2) is 9.59 Å². The van der Waals surface area contributed by atoms with Gasteiger partial charge in [-0.1, -0.05) is 87.4 Å². The topological polar surface area (TPSA) is 169 Å². The van der Waals surface area contributed by atoms with Crippen LogP contribution in [0.4, 0.5) is 9.59 Å². The lowest BCUT2D eigenvalue weighted by molar-refractivity contribution is -0.128. The summed E-state index contributed by atoms with van der Waals surface area (Å²) in [6.07, 6.45) is 12.1. The monoisotopic (exact) mass is 1230 g/mol. The lowest BCUT2D eigenvalue weighted by Crippen LogP contribution is -2.42. The molecule has 3 saturated heterocycles. The van der Waals surface area contributed by atoms with Gasteiger partial charge in [0, 0.05) is 83.0 Å². The number of aliphatic hydroxyl groups excluding tert-OH is 1. The molecule has 10 rings (SSSR count). The van der Waals surface area contributed by atoms with Crippen LogP contribution in [0.5, 0.6) is 0 Å². The molecule has 474 valence electrons. The molecule has 9 fully saturated rings.